The summed E-state index contributed by atoms with van der Waals surface area (Å²) >= 11 is 0. The summed E-state index contributed by atoms with van der Waals surface area (Å²) in [5.41, 5.74) is 0.728. The molecular weight excluding hydrogens is 307 g/mol. The highest BCUT2D eigenvalue weighted by atomic mass is 19.1. The van der Waals surface area contributed by atoms with Gasteiger partial charge in [0.25, 0.3) is 0 Å². The fourth-order valence-corrected chi connectivity index (χ4v) is 1.93. The standard InChI is InChI=1S/C14H15FN4O4/c1-8-2-3-10(9(15)4-8)17-11(20)5-16-12(21)6-19-7-13(22)18-14(19)23/h2-4H,5-7H2,1H3,(H,16,21)(H,17,20)(H,18,22,23). The lowest BCUT2D eigenvalue weighted by Gasteiger charge is -2.13. The van der Waals surface area contributed by atoms with Crippen molar-refractivity contribution in [3.63, 3.8) is 0 Å². The molecule has 0 aliphatic carbocycles. The van der Waals surface area contributed by atoms with Gasteiger partial charge in [-0.2, -0.15) is 0 Å². The van der Waals surface area contributed by atoms with E-state index in [-0.39, 0.29) is 25.3 Å². The number of aryl methyl sites for hydroxylation is 1. The van der Waals surface area contributed by atoms with Gasteiger partial charge in [-0.3, -0.25) is 19.7 Å². The topological polar surface area (TPSA) is 108 Å². The number of rotatable bonds is 5. The van der Waals surface area contributed by atoms with E-state index in [4.69, 9.17) is 0 Å². The molecular formula is C14H15FN4O4. The molecule has 5 amide bonds. The normalized spacial score (nSPS) is 13.7. The van der Waals surface area contributed by atoms with E-state index in [1.165, 1.54) is 12.1 Å². The maximum absolute atomic E-state index is 13.6. The number of amides is 5. The van der Waals surface area contributed by atoms with Crippen LogP contribution in [0.15, 0.2) is 18.2 Å². The van der Waals surface area contributed by atoms with Crippen LogP contribution < -0.4 is 16.0 Å². The summed E-state index contributed by atoms with van der Waals surface area (Å²) in [7, 11) is 0. The van der Waals surface area contributed by atoms with Crippen molar-refractivity contribution in [3.8, 4) is 0 Å². The van der Waals surface area contributed by atoms with Crippen molar-refractivity contribution in [2.24, 2.45) is 0 Å². The predicted octanol–water partition coefficient (Wildman–Crippen LogP) is -0.259. The SMILES string of the molecule is Cc1ccc(NC(=O)CNC(=O)CN2CC(=O)NC2=O)c(F)c1. The van der Waals surface area contributed by atoms with E-state index < -0.39 is 29.6 Å². The number of carbonyl (C=O) groups is 4. The largest absolute Gasteiger partial charge is 0.345 e. The number of carbonyl (C=O) groups excluding carboxylic acids is 4. The highest BCUT2D eigenvalue weighted by Gasteiger charge is 2.28. The Labute approximate surface area is 131 Å². The molecule has 0 saturated carbocycles. The molecule has 0 radical (unpaired) electrons. The molecule has 0 spiro atoms. The summed E-state index contributed by atoms with van der Waals surface area (Å²) in [6.45, 7) is 0.792. The van der Waals surface area contributed by atoms with Gasteiger partial charge in [0.2, 0.25) is 17.7 Å². The number of nitrogens with one attached hydrogen (secondary N) is 3. The van der Waals surface area contributed by atoms with Gasteiger partial charge in [-0.25, -0.2) is 9.18 Å². The van der Waals surface area contributed by atoms with Gasteiger partial charge < -0.3 is 15.5 Å². The summed E-state index contributed by atoms with van der Waals surface area (Å²) in [4.78, 5) is 46.5. The van der Waals surface area contributed by atoms with Crippen LogP contribution in [-0.4, -0.2) is 48.3 Å². The van der Waals surface area contributed by atoms with E-state index in [1.54, 1.807) is 13.0 Å². The molecule has 1 heterocycles. The van der Waals surface area contributed by atoms with Crippen LogP contribution in [0.2, 0.25) is 0 Å². The number of hydrogen-bond donors (Lipinski definition) is 3. The Morgan fingerprint density at radius 1 is 1.30 bits per heavy atom. The Hall–Kier alpha value is -2.97. The Morgan fingerprint density at radius 3 is 2.65 bits per heavy atom. The second kappa shape index (κ2) is 6.86. The van der Waals surface area contributed by atoms with E-state index in [0.29, 0.717) is 5.56 Å². The number of urea groups is 1. The molecule has 0 unspecified atom stereocenters. The minimum Gasteiger partial charge on any atom is -0.345 e. The highest BCUT2D eigenvalue weighted by molar-refractivity contribution is 6.03. The number of imide groups is 1. The molecule has 1 aliphatic rings. The number of anilines is 1. The maximum Gasteiger partial charge on any atom is 0.325 e. The Bertz CT molecular complexity index is 677. The van der Waals surface area contributed by atoms with Crippen molar-refractivity contribution in [2.75, 3.05) is 25.0 Å². The van der Waals surface area contributed by atoms with Gasteiger partial charge in [-0.1, -0.05) is 6.07 Å². The van der Waals surface area contributed by atoms with Crippen molar-refractivity contribution >= 4 is 29.4 Å². The van der Waals surface area contributed by atoms with E-state index >= 15 is 0 Å². The quantitative estimate of drug-likeness (QED) is 0.649. The monoisotopic (exact) mass is 322 g/mol. The smallest absolute Gasteiger partial charge is 0.325 e. The molecule has 2 rings (SSSR count). The third-order valence-corrected chi connectivity index (χ3v) is 3.05. The van der Waals surface area contributed by atoms with Crippen molar-refractivity contribution in [1.29, 1.82) is 0 Å². The first-order valence-electron chi connectivity index (χ1n) is 6.76. The molecule has 23 heavy (non-hydrogen) atoms. The Balaban J connectivity index is 1.78. The summed E-state index contributed by atoms with van der Waals surface area (Å²) in [6.07, 6.45) is 0. The van der Waals surface area contributed by atoms with Crippen LogP contribution in [-0.2, 0) is 14.4 Å². The van der Waals surface area contributed by atoms with Crippen molar-refractivity contribution in [2.45, 2.75) is 6.92 Å². The fraction of sp³-hybridized carbons (Fsp3) is 0.286. The average Bonchev–Trinajstić information content (AvgIpc) is 2.78. The third kappa shape index (κ3) is 4.50. The van der Waals surface area contributed by atoms with E-state index in [0.717, 1.165) is 4.90 Å². The molecule has 1 aromatic carbocycles. The molecule has 122 valence electrons. The molecule has 1 aromatic rings. The van der Waals surface area contributed by atoms with Gasteiger partial charge in [-0.05, 0) is 24.6 Å². The zero-order valence-corrected chi connectivity index (χ0v) is 12.3. The van der Waals surface area contributed by atoms with Gasteiger partial charge >= 0.3 is 6.03 Å². The zero-order valence-electron chi connectivity index (χ0n) is 12.3. The Morgan fingerprint density at radius 2 is 2.04 bits per heavy atom. The summed E-state index contributed by atoms with van der Waals surface area (Å²) in [5.74, 6) is -2.27. The van der Waals surface area contributed by atoms with Crippen molar-refractivity contribution < 1.29 is 23.6 Å². The number of hydrogen-bond acceptors (Lipinski definition) is 4. The molecule has 0 bridgehead atoms. The van der Waals surface area contributed by atoms with Gasteiger partial charge in [0.15, 0.2) is 0 Å². The molecule has 0 aromatic heterocycles. The predicted molar refractivity (Wildman–Crippen MR) is 77.9 cm³/mol. The lowest BCUT2D eigenvalue weighted by molar-refractivity contribution is -0.124. The van der Waals surface area contributed by atoms with Gasteiger partial charge in [0.05, 0.1) is 12.2 Å². The van der Waals surface area contributed by atoms with Gasteiger partial charge in [-0.15, -0.1) is 0 Å². The molecule has 8 nitrogen and oxygen atoms in total. The molecule has 1 saturated heterocycles. The number of halogens is 1. The van der Waals surface area contributed by atoms with E-state index in [2.05, 4.69) is 10.6 Å². The maximum atomic E-state index is 13.6. The van der Waals surface area contributed by atoms with Crippen LogP contribution in [0.25, 0.3) is 0 Å². The minimum atomic E-state index is -0.656. The number of nitrogens with zero attached hydrogens (tertiary/aromatic N) is 1. The fourth-order valence-electron chi connectivity index (χ4n) is 1.93. The summed E-state index contributed by atoms with van der Waals surface area (Å²) in [6, 6.07) is 3.68. The lowest BCUT2D eigenvalue weighted by atomic mass is 10.2. The van der Waals surface area contributed by atoms with Crippen LogP contribution in [0.4, 0.5) is 14.9 Å². The average molecular weight is 322 g/mol. The molecule has 1 fully saturated rings. The summed E-state index contributed by atoms with van der Waals surface area (Å²) < 4.78 is 13.6. The number of benzene rings is 1. The van der Waals surface area contributed by atoms with Crippen LogP contribution in [0.1, 0.15) is 5.56 Å². The lowest BCUT2D eigenvalue weighted by Crippen LogP contribution is -2.41. The first kappa shape index (κ1) is 16.4. The molecule has 3 N–H and O–H groups in total. The second-order valence-electron chi connectivity index (χ2n) is 5.02. The van der Waals surface area contributed by atoms with E-state index in [9.17, 15) is 23.6 Å². The summed E-state index contributed by atoms with van der Waals surface area (Å²) in [5, 5.41) is 6.64. The highest BCUT2D eigenvalue weighted by Crippen LogP contribution is 2.14. The van der Waals surface area contributed by atoms with Gasteiger partial charge in [0, 0.05) is 0 Å². The molecule has 0 atom stereocenters. The Kier molecular flexibility index (Phi) is 4.89. The zero-order chi connectivity index (χ0) is 17.0. The van der Waals surface area contributed by atoms with Gasteiger partial charge in [0.1, 0.15) is 18.9 Å². The third-order valence-electron chi connectivity index (χ3n) is 3.05. The van der Waals surface area contributed by atoms with Crippen molar-refractivity contribution in [1.82, 2.24) is 15.5 Å². The first-order chi connectivity index (χ1) is 10.8. The van der Waals surface area contributed by atoms with Crippen molar-refractivity contribution in [3.05, 3.63) is 29.6 Å². The van der Waals surface area contributed by atoms with Crippen LogP contribution in [0, 0.1) is 12.7 Å². The second-order valence-corrected chi connectivity index (χ2v) is 5.02. The molecule has 9 heteroatoms. The minimum absolute atomic E-state index is 0.0133. The first-order valence-corrected chi connectivity index (χ1v) is 6.76. The molecule has 1 aliphatic heterocycles. The van der Waals surface area contributed by atoms with E-state index in [1.807, 2.05) is 5.32 Å². The van der Waals surface area contributed by atoms with Crippen LogP contribution >= 0.6 is 0 Å². The van der Waals surface area contributed by atoms with Crippen LogP contribution in [0.5, 0.6) is 0 Å². The van der Waals surface area contributed by atoms with Crippen LogP contribution in [0.3, 0.4) is 0 Å².